The van der Waals surface area contributed by atoms with Crippen LogP contribution in [0, 0.1) is 0 Å². The van der Waals surface area contributed by atoms with Crippen LogP contribution >= 0.6 is 0 Å². The van der Waals surface area contributed by atoms with E-state index in [9.17, 15) is 19.2 Å². The van der Waals surface area contributed by atoms with Crippen LogP contribution in [0.1, 0.15) is 69.8 Å². The maximum atomic E-state index is 12.2. The molecule has 1 aromatic rings. The molecule has 2 N–H and O–H groups in total. The average Bonchev–Trinajstić information content (AvgIpc) is 2.58. The molecule has 0 aliphatic rings. The van der Waals surface area contributed by atoms with Crippen molar-refractivity contribution in [2.75, 3.05) is 0 Å². The Bertz CT molecular complexity index is 705. The number of amides is 3. The van der Waals surface area contributed by atoms with Gasteiger partial charge in [0, 0.05) is 17.5 Å². The van der Waals surface area contributed by atoms with Crippen molar-refractivity contribution in [3.63, 3.8) is 0 Å². The third-order valence-corrected chi connectivity index (χ3v) is 3.77. The number of benzene rings is 1. The zero-order chi connectivity index (χ0) is 21.3. The van der Waals surface area contributed by atoms with Crippen LogP contribution in [0.4, 0.5) is 4.79 Å². The second kappa shape index (κ2) is 10.6. The number of urea groups is 1. The van der Waals surface area contributed by atoms with Gasteiger partial charge in [-0.2, -0.15) is 0 Å². The van der Waals surface area contributed by atoms with E-state index in [1.54, 1.807) is 32.9 Å². The lowest BCUT2D eigenvalue weighted by Gasteiger charge is -2.21. The normalized spacial score (nSPS) is 12.0. The molecule has 1 aromatic carbocycles. The molecule has 0 saturated carbocycles. The number of carbonyl (C=O) groups is 4. The standard InChI is InChI=1S/C21H30N2O5/c1-6-7-15-8-10-16(11-9-15)17(24)12-13-18(25)28-14(2)19(26)22-20(27)23-21(3,4)5/h8-11,14H,6-7,12-13H2,1-5H3,(H2,22,23,26,27)/t14-/m0/s1. The summed E-state index contributed by atoms with van der Waals surface area (Å²) in [5.41, 5.74) is 1.20. The van der Waals surface area contributed by atoms with E-state index in [0.717, 1.165) is 18.4 Å². The SMILES string of the molecule is CCCc1ccc(C(=O)CCC(=O)O[C@@H](C)C(=O)NC(=O)NC(C)(C)C)cc1. The summed E-state index contributed by atoms with van der Waals surface area (Å²) in [7, 11) is 0. The van der Waals surface area contributed by atoms with Crippen molar-refractivity contribution < 1.29 is 23.9 Å². The molecule has 0 heterocycles. The number of rotatable bonds is 8. The first-order valence-corrected chi connectivity index (χ1v) is 9.46. The summed E-state index contributed by atoms with van der Waals surface area (Å²) in [5, 5.41) is 4.69. The highest BCUT2D eigenvalue weighted by Gasteiger charge is 2.22. The van der Waals surface area contributed by atoms with Gasteiger partial charge in [-0.3, -0.25) is 19.7 Å². The summed E-state index contributed by atoms with van der Waals surface area (Å²) in [6.07, 6.45) is 0.699. The van der Waals surface area contributed by atoms with Crippen molar-refractivity contribution in [1.82, 2.24) is 10.6 Å². The molecule has 7 heteroatoms. The number of hydrogen-bond acceptors (Lipinski definition) is 5. The summed E-state index contributed by atoms with van der Waals surface area (Å²) < 4.78 is 5.00. The Morgan fingerprint density at radius 3 is 2.18 bits per heavy atom. The number of ketones is 1. The molecule has 0 aliphatic carbocycles. The van der Waals surface area contributed by atoms with Crippen LogP contribution in [0.5, 0.6) is 0 Å². The Hall–Kier alpha value is -2.70. The molecule has 0 radical (unpaired) electrons. The highest BCUT2D eigenvalue weighted by Crippen LogP contribution is 2.10. The fourth-order valence-corrected chi connectivity index (χ4v) is 2.40. The topological polar surface area (TPSA) is 102 Å². The van der Waals surface area contributed by atoms with Crippen molar-refractivity contribution in [2.24, 2.45) is 0 Å². The van der Waals surface area contributed by atoms with Crippen LogP contribution < -0.4 is 10.6 Å². The summed E-state index contributed by atoms with van der Waals surface area (Å²) >= 11 is 0. The lowest BCUT2D eigenvalue weighted by molar-refractivity contribution is -0.154. The van der Waals surface area contributed by atoms with Gasteiger partial charge >= 0.3 is 12.0 Å². The van der Waals surface area contributed by atoms with Gasteiger partial charge in [0.2, 0.25) is 0 Å². The fourth-order valence-electron chi connectivity index (χ4n) is 2.40. The molecular weight excluding hydrogens is 360 g/mol. The average molecular weight is 390 g/mol. The molecule has 0 aliphatic heterocycles. The molecule has 0 fully saturated rings. The van der Waals surface area contributed by atoms with Gasteiger partial charge in [-0.05, 0) is 39.7 Å². The minimum absolute atomic E-state index is 0.00912. The van der Waals surface area contributed by atoms with E-state index >= 15 is 0 Å². The monoisotopic (exact) mass is 390 g/mol. The molecule has 28 heavy (non-hydrogen) atoms. The van der Waals surface area contributed by atoms with E-state index in [1.807, 2.05) is 12.1 Å². The van der Waals surface area contributed by atoms with Gasteiger partial charge in [-0.1, -0.05) is 37.6 Å². The molecule has 1 rings (SSSR count). The molecule has 1 atom stereocenters. The molecule has 0 spiro atoms. The zero-order valence-corrected chi connectivity index (χ0v) is 17.3. The summed E-state index contributed by atoms with van der Waals surface area (Å²) in [4.78, 5) is 47.6. The van der Waals surface area contributed by atoms with Crippen molar-refractivity contribution in [3.05, 3.63) is 35.4 Å². The van der Waals surface area contributed by atoms with Gasteiger partial charge in [0.05, 0.1) is 6.42 Å². The van der Waals surface area contributed by atoms with Gasteiger partial charge < -0.3 is 10.1 Å². The molecule has 0 unspecified atom stereocenters. The minimum atomic E-state index is -1.14. The largest absolute Gasteiger partial charge is 0.453 e. The molecular formula is C21H30N2O5. The number of aryl methyl sites for hydroxylation is 1. The molecule has 3 amide bonds. The van der Waals surface area contributed by atoms with E-state index in [0.29, 0.717) is 5.56 Å². The summed E-state index contributed by atoms with van der Waals surface area (Å²) in [5.74, 6) is -1.57. The molecule has 0 aromatic heterocycles. The Kier molecular flexibility index (Phi) is 8.82. The van der Waals surface area contributed by atoms with E-state index in [2.05, 4.69) is 17.6 Å². The van der Waals surface area contributed by atoms with Crippen molar-refractivity contribution in [3.8, 4) is 0 Å². The van der Waals surface area contributed by atoms with Crippen LogP contribution in [0.2, 0.25) is 0 Å². The van der Waals surface area contributed by atoms with Gasteiger partial charge in [0.1, 0.15) is 0 Å². The number of esters is 1. The van der Waals surface area contributed by atoms with Crippen molar-refractivity contribution >= 4 is 23.7 Å². The van der Waals surface area contributed by atoms with Gasteiger partial charge in [-0.15, -0.1) is 0 Å². The number of nitrogens with one attached hydrogen (secondary N) is 2. The highest BCUT2D eigenvalue weighted by molar-refractivity contribution is 5.99. The van der Waals surface area contributed by atoms with Crippen molar-refractivity contribution in [2.45, 2.75) is 71.9 Å². The van der Waals surface area contributed by atoms with Crippen LogP contribution in [-0.4, -0.2) is 35.3 Å². The van der Waals surface area contributed by atoms with E-state index in [-0.39, 0.29) is 18.6 Å². The van der Waals surface area contributed by atoms with E-state index in [1.165, 1.54) is 6.92 Å². The predicted molar refractivity (Wildman–Crippen MR) is 106 cm³/mol. The van der Waals surface area contributed by atoms with Crippen LogP contribution in [-0.2, 0) is 20.7 Å². The smallest absolute Gasteiger partial charge is 0.321 e. The number of hydrogen-bond donors (Lipinski definition) is 2. The first-order chi connectivity index (χ1) is 13.0. The number of Topliss-reactive ketones (excluding diaryl/α,β-unsaturated/α-hetero) is 1. The number of carbonyl (C=O) groups excluding carboxylic acids is 4. The second-order valence-electron chi connectivity index (χ2n) is 7.70. The third-order valence-electron chi connectivity index (χ3n) is 3.77. The maximum absolute atomic E-state index is 12.2. The van der Waals surface area contributed by atoms with Gasteiger partial charge in [0.15, 0.2) is 11.9 Å². The van der Waals surface area contributed by atoms with Gasteiger partial charge in [0.25, 0.3) is 5.91 Å². The lowest BCUT2D eigenvalue weighted by Crippen LogP contribution is -2.50. The first-order valence-electron chi connectivity index (χ1n) is 9.46. The minimum Gasteiger partial charge on any atom is -0.453 e. The number of imide groups is 1. The first kappa shape index (κ1) is 23.3. The molecule has 0 saturated heterocycles. The van der Waals surface area contributed by atoms with Crippen LogP contribution in [0.15, 0.2) is 24.3 Å². The third kappa shape index (κ3) is 8.79. The van der Waals surface area contributed by atoms with E-state index < -0.39 is 29.6 Å². The van der Waals surface area contributed by atoms with Gasteiger partial charge in [-0.25, -0.2) is 4.79 Å². The highest BCUT2D eigenvalue weighted by atomic mass is 16.5. The van der Waals surface area contributed by atoms with E-state index in [4.69, 9.17) is 4.74 Å². The zero-order valence-electron chi connectivity index (χ0n) is 17.3. The predicted octanol–water partition coefficient (Wildman–Crippen LogP) is 3.16. The maximum Gasteiger partial charge on any atom is 0.321 e. The molecule has 7 nitrogen and oxygen atoms in total. The Morgan fingerprint density at radius 1 is 1.04 bits per heavy atom. The lowest BCUT2D eigenvalue weighted by atomic mass is 10.0. The van der Waals surface area contributed by atoms with Crippen molar-refractivity contribution in [1.29, 1.82) is 0 Å². The van der Waals surface area contributed by atoms with Crippen LogP contribution in [0.25, 0.3) is 0 Å². The Balaban J connectivity index is 2.43. The summed E-state index contributed by atoms with van der Waals surface area (Å²) in [6, 6.07) is 6.65. The number of ether oxygens (including phenoxy) is 1. The molecule has 154 valence electrons. The fraction of sp³-hybridized carbons (Fsp3) is 0.524. The van der Waals surface area contributed by atoms with Crippen LogP contribution in [0.3, 0.4) is 0 Å². The molecule has 0 bridgehead atoms. The Labute approximate surface area is 166 Å². The Morgan fingerprint density at radius 2 is 1.64 bits per heavy atom. The summed E-state index contributed by atoms with van der Waals surface area (Å²) in [6.45, 7) is 8.77. The quantitative estimate of drug-likeness (QED) is 0.524. The second-order valence-corrected chi connectivity index (χ2v) is 7.70.